The first-order valence-electron chi connectivity index (χ1n) is 8.27. The Bertz CT molecular complexity index is 399. The highest BCUT2D eigenvalue weighted by atomic mass is 16.6. The van der Waals surface area contributed by atoms with E-state index in [1.165, 1.54) is 0 Å². The van der Waals surface area contributed by atoms with Gasteiger partial charge in [0.15, 0.2) is 0 Å². The van der Waals surface area contributed by atoms with Crippen LogP contribution < -0.4 is 10.6 Å². The molecule has 0 spiro atoms. The molecule has 1 aliphatic rings. The van der Waals surface area contributed by atoms with Gasteiger partial charge in [-0.25, -0.2) is 9.59 Å². The summed E-state index contributed by atoms with van der Waals surface area (Å²) in [6.07, 6.45) is 1.47. The van der Waals surface area contributed by atoms with Gasteiger partial charge in [-0.05, 0) is 40.5 Å². The Balaban J connectivity index is 2.24. The Labute approximate surface area is 139 Å². The SMILES string of the molecule is CC(CNC1CCN(C(=O)N(C)C)CC1)NC(=O)OC(C)(C)C. The largest absolute Gasteiger partial charge is 0.444 e. The molecule has 0 aliphatic carbocycles. The molecule has 7 heteroatoms. The first-order chi connectivity index (χ1) is 10.6. The highest BCUT2D eigenvalue weighted by molar-refractivity contribution is 5.73. The van der Waals surface area contributed by atoms with Gasteiger partial charge < -0.3 is 25.2 Å². The third-order valence-electron chi connectivity index (χ3n) is 3.62. The lowest BCUT2D eigenvalue weighted by Gasteiger charge is -2.34. The summed E-state index contributed by atoms with van der Waals surface area (Å²) in [5, 5.41) is 6.28. The van der Waals surface area contributed by atoms with Gasteiger partial charge in [-0.2, -0.15) is 0 Å². The van der Waals surface area contributed by atoms with Gasteiger partial charge >= 0.3 is 12.1 Å². The van der Waals surface area contributed by atoms with E-state index in [2.05, 4.69) is 10.6 Å². The number of nitrogens with zero attached hydrogens (tertiary/aromatic N) is 2. The lowest BCUT2D eigenvalue weighted by Crippen LogP contribution is -2.50. The number of carbonyl (C=O) groups excluding carboxylic acids is 2. The van der Waals surface area contributed by atoms with Crippen LogP contribution in [0.3, 0.4) is 0 Å². The Morgan fingerprint density at radius 3 is 2.30 bits per heavy atom. The summed E-state index contributed by atoms with van der Waals surface area (Å²) in [6.45, 7) is 9.70. The maximum absolute atomic E-state index is 11.9. The summed E-state index contributed by atoms with van der Waals surface area (Å²) in [6, 6.07) is 0.443. The topological polar surface area (TPSA) is 73.9 Å². The third-order valence-corrected chi connectivity index (χ3v) is 3.62. The van der Waals surface area contributed by atoms with Crippen molar-refractivity contribution in [3.63, 3.8) is 0 Å². The number of hydrogen-bond acceptors (Lipinski definition) is 4. The van der Waals surface area contributed by atoms with Crippen LogP contribution in [0.4, 0.5) is 9.59 Å². The monoisotopic (exact) mass is 328 g/mol. The number of hydrogen-bond donors (Lipinski definition) is 2. The maximum Gasteiger partial charge on any atom is 0.407 e. The highest BCUT2D eigenvalue weighted by Crippen LogP contribution is 2.12. The summed E-state index contributed by atoms with van der Waals surface area (Å²) < 4.78 is 5.24. The molecule has 7 nitrogen and oxygen atoms in total. The van der Waals surface area contributed by atoms with E-state index in [4.69, 9.17) is 4.74 Å². The molecule has 0 radical (unpaired) electrons. The summed E-state index contributed by atoms with van der Waals surface area (Å²) >= 11 is 0. The summed E-state index contributed by atoms with van der Waals surface area (Å²) in [4.78, 5) is 27.1. The molecule has 1 aliphatic heterocycles. The van der Waals surface area contributed by atoms with Crippen molar-refractivity contribution < 1.29 is 14.3 Å². The summed E-state index contributed by atoms with van der Waals surface area (Å²) in [7, 11) is 3.55. The normalized spacial score (nSPS) is 17.6. The molecule has 0 aromatic heterocycles. The van der Waals surface area contributed by atoms with Crippen molar-refractivity contribution in [2.45, 2.75) is 58.2 Å². The van der Waals surface area contributed by atoms with Crippen LogP contribution in [0.2, 0.25) is 0 Å². The molecule has 0 aromatic carbocycles. The van der Waals surface area contributed by atoms with Gasteiger partial charge in [0.25, 0.3) is 0 Å². The number of ether oxygens (including phenoxy) is 1. The smallest absolute Gasteiger partial charge is 0.407 e. The van der Waals surface area contributed by atoms with Crippen molar-refractivity contribution >= 4 is 12.1 Å². The number of amides is 3. The quantitative estimate of drug-likeness (QED) is 0.823. The van der Waals surface area contributed by atoms with Crippen LogP contribution in [-0.2, 0) is 4.74 Å². The maximum atomic E-state index is 11.9. The fraction of sp³-hybridized carbons (Fsp3) is 0.875. The zero-order chi connectivity index (χ0) is 17.6. The van der Waals surface area contributed by atoms with E-state index in [1.54, 1.807) is 19.0 Å². The second-order valence-electron chi connectivity index (χ2n) is 7.39. The number of likely N-dealkylation sites (tertiary alicyclic amines) is 1. The van der Waals surface area contributed by atoms with Crippen molar-refractivity contribution in [1.29, 1.82) is 0 Å². The lowest BCUT2D eigenvalue weighted by atomic mass is 10.1. The number of urea groups is 1. The van der Waals surface area contributed by atoms with E-state index in [0.29, 0.717) is 12.6 Å². The van der Waals surface area contributed by atoms with Crippen LogP contribution in [0.15, 0.2) is 0 Å². The van der Waals surface area contributed by atoms with Crippen molar-refractivity contribution in [3.05, 3.63) is 0 Å². The first-order valence-corrected chi connectivity index (χ1v) is 8.27. The van der Waals surface area contributed by atoms with Crippen LogP contribution >= 0.6 is 0 Å². The Morgan fingerprint density at radius 2 is 1.83 bits per heavy atom. The lowest BCUT2D eigenvalue weighted by molar-refractivity contribution is 0.0506. The number of carbonyl (C=O) groups is 2. The van der Waals surface area contributed by atoms with Crippen LogP contribution in [-0.4, -0.2) is 73.3 Å². The first kappa shape index (κ1) is 19.5. The molecule has 2 N–H and O–H groups in total. The minimum Gasteiger partial charge on any atom is -0.444 e. The minimum atomic E-state index is -0.483. The molecule has 1 atom stereocenters. The summed E-state index contributed by atoms with van der Waals surface area (Å²) in [5.41, 5.74) is -0.483. The third kappa shape index (κ3) is 7.54. The van der Waals surface area contributed by atoms with Gasteiger partial charge in [-0.15, -0.1) is 0 Å². The number of alkyl carbamates (subject to hydrolysis) is 1. The van der Waals surface area contributed by atoms with E-state index < -0.39 is 11.7 Å². The van der Waals surface area contributed by atoms with Gasteiger partial charge in [-0.1, -0.05) is 0 Å². The Kier molecular flexibility index (Phi) is 7.12. The van der Waals surface area contributed by atoms with E-state index in [0.717, 1.165) is 25.9 Å². The predicted octanol–water partition coefficient (Wildman–Crippen LogP) is 1.64. The van der Waals surface area contributed by atoms with Gasteiger partial charge in [-0.3, -0.25) is 0 Å². The molecular formula is C16H32N4O3. The van der Waals surface area contributed by atoms with Crippen molar-refractivity contribution in [2.75, 3.05) is 33.7 Å². The second-order valence-corrected chi connectivity index (χ2v) is 7.39. The molecule has 1 unspecified atom stereocenters. The highest BCUT2D eigenvalue weighted by Gasteiger charge is 2.24. The fourth-order valence-electron chi connectivity index (χ4n) is 2.46. The van der Waals surface area contributed by atoms with Crippen LogP contribution in [0.5, 0.6) is 0 Å². The van der Waals surface area contributed by atoms with E-state index >= 15 is 0 Å². The standard InChI is InChI=1S/C16H32N4O3/c1-12(18-14(21)23-16(2,3)4)11-17-13-7-9-20(10-8-13)15(22)19(5)6/h12-13,17H,7-11H2,1-6H3,(H,18,21). The van der Waals surface area contributed by atoms with Crippen LogP contribution in [0.1, 0.15) is 40.5 Å². The van der Waals surface area contributed by atoms with E-state index in [-0.39, 0.29) is 12.1 Å². The molecule has 0 aromatic rings. The van der Waals surface area contributed by atoms with Crippen LogP contribution in [0.25, 0.3) is 0 Å². The Morgan fingerprint density at radius 1 is 1.26 bits per heavy atom. The van der Waals surface area contributed by atoms with Crippen LogP contribution in [0, 0.1) is 0 Å². The van der Waals surface area contributed by atoms with Gasteiger partial charge in [0.05, 0.1) is 0 Å². The fourth-order valence-corrected chi connectivity index (χ4v) is 2.46. The summed E-state index contributed by atoms with van der Waals surface area (Å²) in [5.74, 6) is 0. The zero-order valence-corrected chi connectivity index (χ0v) is 15.3. The van der Waals surface area contributed by atoms with Crippen molar-refractivity contribution in [3.8, 4) is 0 Å². The average Bonchev–Trinajstić information content (AvgIpc) is 2.42. The molecular weight excluding hydrogens is 296 g/mol. The molecule has 0 saturated carbocycles. The second kappa shape index (κ2) is 8.38. The number of piperidine rings is 1. The minimum absolute atomic E-state index is 0.00807. The van der Waals surface area contributed by atoms with Gasteiger partial charge in [0, 0.05) is 45.8 Å². The van der Waals surface area contributed by atoms with E-state index in [9.17, 15) is 9.59 Å². The zero-order valence-electron chi connectivity index (χ0n) is 15.3. The van der Waals surface area contributed by atoms with Crippen molar-refractivity contribution in [1.82, 2.24) is 20.4 Å². The molecule has 0 bridgehead atoms. The predicted molar refractivity (Wildman–Crippen MR) is 90.5 cm³/mol. The number of nitrogens with one attached hydrogen (secondary N) is 2. The molecule has 134 valence electrons. The number of rotatable bonds is 4. The van der Waals surface area contributed by atoms with Gasteiger partial charge in [0.2, 0.25) is 0 Å². The van der Waals surface area contributed by atoms with Crippen molar-refractivity contribution in [2.24, 2.45) is 0 Å². The van der Waals surface area contributed by atoms with E-state index in [1.807, 2.05) is 32.6 Å². The molecule has 3 amide bonds. The Hall–Kier alpha value is -1.50. The van der Waals surface area contributed by atoms with Gasteiger partial charge in [0.1, 0.15) is 5.60 Å². The molecule has 1 saturated heterocycles. The average molecular weight is 328 g/mol. The molecule has 23 heavy (non-hydrogen) atoms. The molecule has 1 rings (SSSR count). The molecule has 1 heterocycles. The molecule has 1 fully saturated rings.